The molecule has 0 aliphatic heterocycles. The van der Waals surface area contributed by atoms with Gasteiger partial charge in [0.1, 0.15) is 11.6 Å². The molecule has 0 bridgehead atoms. The SMILES string of the molecule is Cn1c(-c2ccccc2O)nc2c(-c3[c-]c(-c4nccc5ccccc45)ccc3)cccc21.[Pt]. The van der Waals surface area contributed by atoms with Crippen molar-refractivity contribution < 1.29 is 26.2 Å². The first kappa shape index (κ1) is 22.1. The van der Waals surface area contributed by atoms with Gasteiger partial charge in [0.25, 0.3) is 0 Å². The van der Waals surface area contributed by atoms with Crippen molar-refractivity contribution in [2.75, 3.05) is 0 Å². The van der Waals surface area contributed by atoms with E-state index in [4.69, 9.17) is 4.98 Å². The molecule has 0 fully saturated rings. The van der Waals surface area contributed by atoms with Crippen LogP contribution in [0, 0.1) is 6.07 Å². The molecule has 0 spiro atoms. The minimum Gasteiger partial charge on any atom is -0.507 e. The summed E-state index contributed by atoms with van der Waals surface area (Å²) in [5.74, 6) is 0.940. The number of hydrogen-bond acceptors (Lipinski definition) is 3. The first-order valence-corrected chi connectivity index (χ1v) is 10.8. The Labute approximate surface area is 211 Å². The van der Waals surface area contributed by atoms with Crippen molar-refractivity contribution in [3.8, 4) is 39.5 Å². The van der Waals surface area contributed by atoms with Crippen LogP contribution < -0.4 is 0 Å². The first-order valence-electron chi connectivity index (χ1n) is 10.8. The molecule has 0 amide bonds. The first-order chi connectivity index (χ1) is 16.2. The van der Waals surface area contributed by atoms with Crippen molar-refractivity contribution in [1.29, 1.82) is 0 Å². The molecular formula is C29H20N3OPt-. The van der Waals surface area contributed by atoms with E-state index in [1.54, 1.807) is 6.07 Å². The molecule has 2 aromatic heterocycles. The fourth-order valence-electron chi connectivity index (χ4n) is 4.43. The Morgan fingerprint density at radius 3 is 2.38 bits per heavy atom. The van der Waals surface area contributed by atoms with E-state index in [9.17, 15) is 5.11 Å². The van der Waals surface area contributed by atoms with Gasteiger partial charge in [0.2, 0.25) is 0 Å². The number of phenolic OH excluding ortho intramolecular Hbond substituents is 1. The van der Waals surface area contributed by atoms with Gasteiger partial charge in [0, 0.05) is 40.0 Å². The van der Waals surface area contributed by atoms with Gasteiger partial charge in [-0.05, 0) is 35.0 Å². The van der Waals surface area contributed by atoms with E-state index in [1.807, 2.05) is 78.5 Å². The number of pyridine rings is 1. The molecule has 6 rings (SSSR count). The van der Waals surface area contributed by atoms with Crippen molar-refractivity contribution in [2.24, 2.45) is 7.05 Å². The number of imidazole rings is 1. The van der Waals surface area contributed by atoms with Crippen molar-refractivity contribution in [3.05, 3.63) is 103 Å². The Kier molecular flexibility index (Phi) is 5.77. The van der Waals surface area contributed by atoms with Crippen LogP contribution in [0.2, 0.25) is 0 Å². The monoisotopic (exact) mass is 621 g/mol. The fraction of sp³-hybridized carbons (Fsp3) is 0.0345. The topological polar surface area (TPSA) is 50.9 Å². The van der Waals surface area contributed by atoms with E-state index in [0.717, 1.165) is 50.0 Å². The predicted molar refractivity (Wildman–Crippen MR) is 133 cm³/mol. The van der Waals surface area contributed by atoms with Gasteiger partial charge in [-0.15, -0.1) is 29.8 Å². The third-order valence-corrected chi connectivity index (χ3v) is 6.07. The van der Waals surface area contributed by atoms with E-state index in [0.29, 0.717) is 5.56 Å². The van der Waals surface area contributed by atoms with Gasteiger partial charge in [-0.3, -0.25) is 4.98 Å². The quantitative estimate of drug-likeness (QED) is 0.226. The maximum absolute atomic E-state index is 10.4. The number of fused-ring (bicyclic) bond motifs is 2. The molecule has 4 nitrogen and oxygen atoms in total. The maximum atomic E-state index is 10.4. The normalized spacial score (nSPS) is 11.0. The van der Waals surface area contributed by atoms with Crippen LogP contribution in [0.4, 0.5) is 0 Å². The molecule has 6 aromatic rings. The van der Waals surface area contributed by atoms with Gasteiger partial charge in [0.05, 0.1) is 16.6 Å². The molecule has 2 heterocycles. The molecule has 0 atom stereocenters. The summed E-state index contributed by atoms with van der Waals surface area (Å²) in [6.07, 6.45) is 1.84. The van der Waals surface area contributed by atoms with E-state index in [-0.39, 0.29) is 26.8 Å². The molecule has 168 valence electrons. The average Bonchev–Trinajstić information content (AvgIpc) is 3.20. The number of aryl methyl sites for hydroxylation is 1. The Morgan fingerprint density at radius 1 is 0.765 bits per heavy atom. The summed E-state index contributed by atoms with van der Waals surface area (Å²) in [4.78, 5) is 9.60. The molecule has 0 radical (unpaired) electrons. The van der Waals surface area contributed by atoms with Crippen LogP contribution in [0.5, 0.6) is 5.75 Å². The molecule has 4 aromatic carbocycles. The summed E-state index contributed by atoms with van der Waals surface area (Å²) in [6, 6.07) is 33.4. The Hall–Kier alpha value is -3.75. The van der Waals surface area contributed by atoms with Crippen molar-refractivity contribution in [2.45, 2.75) is 0 Å². The number of phenols is 1. The van der Waals surface area contributed by atoms with Crippen LogP contribution in [0.1, 0.15) is 0 Å². The molecular weight excluding hydrogens is 601 g/mol. The summed E-state index contributed by atoms with van der Waals surface area (Å²) in [6.45, 7) is 0. The standard InChI is InChI=1S/C29H20N3O.Pt/c1-32-25-14-7-13-23(28(25)31-29(32)24-12-4-5-15-26(24)33)20-9-6-10-21(18-20)27-22-11-3-2-8-19(22)16-17-30-27;/h2-17,33H,1H3;/q-1;. The molecule has 0 aliphatic rings. The smallest absolute Gasteiger partial charge is 0.143 e. The number of aromatic hydroxyl groups is 1. The molecule has 0 unspecified atom stereocenters. The van der Waals surface area contributed by atoms with Crippen molar-refractivity contribution >= 4 is 21.8 Å². The number of aromatic nitrogens is 3. The summed E-state index contributed by atoms with van der Waals surface area (Å²) in [7, 11) is 1.97. The van der Waals surface area contributed by atoms with Gasteiger partial charge >= 0.3 is 0 Å². The molecule has 0 saturated carbocycles. The van der Waals surface area contributed by atoms with Crippen LogP contribution in [0.3, 0.4) is 0 Å². The number of benzene rings is 4. The summed E-state index contributed by atoms with van der Waals surface area (Å²) < 4.78 is 2.02. The van der Waals surface area contributed by atoms with Crippen LogP contribution in [0.15, 0.2) is 97.2 Å². The largest absolute Gasteiger partial charge is 0.507 e. The molecule has 5 heteroatoms. The second-order valence-corrected chi connectivity index (χ2v) is 8.04. The van der Waals surface area contributed by atoms with E-state index in [2.05, 4.69) is 35.3 Å². The number of para-hydroxylation sites is 2. The summed E-state index contributed by atoms with van der Waals surface area (Å²) in [5, 5.41) is 12.6. The molecule has 34 heavy (non-hydrogen) atoms. The maximum Gasteiger partial charge on any atom is 0.143 e. The van der Waals surface area contributed by atoms with Crippen LogP contribution >= 0.6 is 0 Å². The zero-order valence-corrected chi connectivity index (χ0v) is 20.6. The van der Waals surface area contributed by atoms with Gasteiger partial charge < -0.3 is 9.67 Å². The van der Waals surface area contributed by atoms with Gasteiger partial charge in [0.15, 0.2) is 0 Å². The summed E-state index contributed by atoms with van der Waals surface area (Å²) in [5.41, 5.74) is 6.38. The summed E-state index contributed by atoms with van der Waals surface area (Å²) >= 11 is 0. The van der Waals surface area contributed by atoms with Crippen LogP contribution in [-0.2, 0) is 28.1 Å². The van der Waals surface area contributed by atoms with E-state index < -0.39 is 0 Å². The zero-order chi connectivity index (χ0) is 22.4. The second-order valence-electron chi connectivity index (χ2n) is 8.04. The molecule has 0 aliphatic carbocycles. The van der Waals surface area contributed by atoms with Gasteiger partial charge in [-0.1, -0.05) is 59.7 Å². The minimum absolute atomic E-state index is 0. The Morgan fingerprint density at radius 2 is 1.50 bits per heavy atom. The van der Waals surface area contributed by atoms with E-state index >= 15 is 0 Å². The zero-order valence-electron chi connectivity index (χ0n) is 18.3. The predicted octanol–water partition coefficient (Wildman–Crippen LogP) is 6.63. The van der Waals surface area contributed by atoms with Gasteiger partial charge in [-0.2, -0.15) is 0 Å². The van der Waals surface area contributed by atoms with Crippen LogP contribution in [0.25, 0.3) is 55.6 Å². The van der Waals surface area contributed by atoms with Crippen molar-refractivity contribution in [1.82, 2.24) is 14.5 Å². The Balaban J connectivity index is 0.00000241. The Bertz CT molecular complexity index is 1650. The molecule has 1 N–H and O–H groups in total. The third kappa shape index (κ3) is 3.61. The minimum atomic E-state index is 0. The number of hydrogen-bond donors (Lipinski definition) is 1. The van der Waals surface area contributed by atoms with Crippen LogP contribution in [-0.4, -0.2) is 19.6 Å². The molecule has 0 saturated heterocycles. The third-order valence-electron chi connectivity index (χ3n) is 6.07. The van der Waals surface area contributed by atoms with E-state index in [1.165, 1.54) is 0 Å². The average molecular weight is 622 g/mol. The number of rotatable bonds is 3. The van der Waals surface area contributed by atoms with Gasteiger partial charge in [-0.25, -0.2) is 4.98 Å². The van der Waals surface area contributed by atoms with Crippen molar-refractivity contribution in [3.63, 3.8) is 0 Å². The number of nitrogens with zero attached hydrogens (tertiary/aromatic N) is 3. The second kappa shape index (κ2) is 8.89. The fourth-order valence-corrected chi connectivity index (χ4v) is 4.43.